The van der Waals surface area contributed by atoms with Crippen LogP contribution in [0, 0.1) is 5.92 Å². The van der Waals surface area contributed by atoms with Crippen LogP contribution in [0.5, 0.6) is 0 Å². The summed E-state index contributed by atoms with van der Waals surface area (Å²) in [4.78, 5) is 25.0. The molecule has 18 heavy (non-hydrogen) atoms. The third-order valence-electron chi connectivity index (χ3n) is 2.84. The van der Waals surface area contributed by atoms with Gasteiger partial charge in [-0.1, -0.05) is 13.8 Å². The van der Waals surface area contributed by atoms with Crippen LogP contribution in [-0.2, 0) is 14.3 Å². The highest BCUT2D eigenvalue weighted by Gasteiger charge is 2.25. The molecule has 0 aliphatic carbocycles. The summed E-state index contributed by atoms with van der Waals surface area (Å²) in [6.07, 6.45) is 1.21. The molecule has 2 amide bonds. The molecule has 0 bridgehead atoms. The average molecular weight is 256 g/mol. The number of hydrogen-bond donors (Lipinski definition) is 1. The number of rotatable bonds is 6. The van der Waals surface area contributed by atoms with Crippen LogP contribution < -0.4 is 5.32 Å². The Morgan fingerprint density at radius 2 is 2.17 bits per heavy atom. The summed E-state index contributed by atoms with van der Waals surface area (Å²) in [6.45, 7) is 8.54. The quantitative estimate of drug-likeness (QED) is 0.715. The molecule has 5 heteroatoms. The molecule has 1 aliphatic heterocycles. The van der Waals surface area contributed by atoms with Gasteiger partial charge < -0.3 is 15.0 Å². The van der Waals surface area contributed by atoms with Gasteiger partial charge in [0.25, 0.3) is 0 Å². The number of carbonyl (C=O) groups is 2. The van der Waals surface area contributed by atoms with Crippen molar-refractivity contribution in [1.29, 1.82) is 0 Å². The maximum atomic E-state index is 11.9. The van der Waals surface area contributed by atoms with Gasteiger partial charge >= 0.3 is 0 Å². The van der Waals surface area contributed by atoms with E-state index in [-0.39, 0.29) is 11.8 Å². The van der Waals surface area contributed by atoms with E-state index in [2.05, 4.69) is 19.2 Å². The molecule has 0 aromatic rings. The number of ether oxygens (including phenoxy) is 1. The van der Waals surface area contributed by atoms with E-state index >= 15 is 0 Å². The second kappa shape index (κ2) is 7.36. The fourth-order valence-corrected chi connectivity index (χ4v) is 1.89. The summed E-state index contributed by atoms with van der Waals surface area (Å²) in [7, 11) is 0. The van der Waals surface area contributed by atoms with Gasteiger partial charge in [0.1, 0.15) is 6.04 Å². The predicted octanol–water partition coefficient (Wildman–Crippen LogP) is 0.786. The zero-order valence-corrected chi connectivity index (χ0v) is 11.6. The highest BCUT2D eigenvalue weighted by molar-refractivity contribution is 5.89. The van der Waals surface area contributed by atoms with E-state index in [9.17, 15) is 9.59 Å². The first kappa shape index (κ1) is 15.0. The standard InChI is InChI=1S/C13H24N2O3/c1-10(2)9-18-8-4-6-15-7-5-12(16)14-11(3)13(15)17/h10-11H,4-9H2,1-3H3,(H,14,16). The number of amides is 2. The lowest BCUT2D eigenvalue weighted by Gasteiger charge is -2.22. The lowest BCUT2D eigenvalue weighted by molar-refractivity contribution is -0.133. The highest BCUT2D eigenvalue weighted by atomic mass is 16.5. The van der Waals surface area contributed by atoms with Crippen LogP contribution in [0.1, 0.15) is 33.6 Å². The molecule has 1 aliphatic rings. The minimum absolute atomic E-state index is 0.00436. The molecular formula is C13H24N2O3. The number of carbonyl (C=O) groups excluding carboxylic acids is 2. The van der Waals surface area contributed by atoms with Gasteiger partial charge in [0, 0.05) is 32.7 Å². The molecule has 1 saturated heterocycles. The van der Waals surface area contributed by atoms with Crippen LogP contribution in [0.25, 0.3) is 0 Å². The Morgan fingerprint density at radius 3 is 2.83 bits per heavy atom. The summed E-state index contributed by atoms with van der Waals surface area (Å²) in [5.41, 5.74) is 0. The maximum absolute atomic E-state index is 11.9. The third kappa shape index (κ3) is 5.04. The van der Waals surface area contributed by atoms with E-state index in [1.54, 1.807) is 11.8 Å². The van der Waals surface area contributed by atoms with Gasteiger partial charge in [-0.2, -0.15) is 0 Å². The molecule has 0 aromatic heterocycles. The Labute approximate surface area is 109 Å². The van der Waals surface area contributed by atoms with Gasteiger partial charge in [0.2, 0.25) is 11.8 Å². The first-order chi connectivity index (χ1) is 8.50. The zero-order valence-electron chi connectivity index (χ0n) is 11.6. The Bertz CT molecular complexity index is 292. The van der Waals surface area contributed by atoms with Crippen molar-refractivity contribution < 1.29 is 14.3 Å². The monoisotopic (exact) mass is 256 g/mol. The summed E-state index contributed by atoms with van der Waals surface area (Å²) in [5, 5.41) is 2.68. The largest absolute Gasteiger partial charge is 0.381 e. The molecule has 5 nitrogen and oxygen atoms in total. The molecule has 0 radical (unpaired) electrons. The molecule has 1 N–H and O–H groups in total. The summed E-state index contributed by atoms with van der Waals surface area (Å²) < 4.78 is 5.48. The fourth-order valence-electron chi connectivity index (χ4n) is 1.89. The van der Waals surface area contributed by atoms with Gasteiger partial charge in [-0.15, -0.1) is 0 Å². The summed E-state index contributed by atoms with van der Waals surface area (Å²) in [6, 6.07) is -0.406. The molecule has 1 heterocycles. The van der Waals surface area contributed by atoms with E-state index in [1.807, 2.05) is 0 Å². The lowest BCUT2D eigenvalue weighted by Crippen LogP contribution is -2.43. The van der Waals surface area contributed by atoms with E-state index in [0.717, 1.165) is 13.0 Å². The fraction of sp³-hybridized carbons (Fsp3) is 0.846. The van der Waals surface area contributed by atoms with Crippen molar-refractivity contribution in [2.75, 3.05) is 26.3 Å². The zero-order chi connectivity index (χ0) is 13.5. The molecular weight excluding hydrogens is 232 g/mol. The minimum atomic E-state index is -0.406. The number of nitrogens with zero attached hydrogens (tertiary/aromatic N) is 1. The van der Waals surface area contributed by atoms with Crippen LogP contribution in [0.3, 0.4) is 0 Å². The number of hydrogen-bond acceptors (Lipinski definition) is 3. The minimum Gasteiger partial charge on any atom is -0.381 e. The second-order valence-electron chi connectivity index (χ2n) is 5.19. The Morgan fingerprint density at radius 1 is 1.44 bits per heavy atom. The normalized spacial score (nSPS) is 21.1. The Balaban J connectivity index is 2.27. The summed E-state index contributed by atoms with van der Waals surface area (Å²) >= 11 is 0. The van der Waals surface area contributed by atoms with Crippen molar-refractivity contribution in [2.24, 2.45) is 5.92 Å². The Hall–Kier alpha value is -1.10. The van der Waals surface area contributed by atoms with Crippen LogP contribution in [-0.4, -0.2) is 49.1 Å². The highest BCUT2D eigenvalue weighted by Crippen LogP contribution is 2.04. The molecule has 1 atom stereocenters. The van der Waals surface area contributed by atoms with Gasteiger partial charge in [-0.3, -0.25) is 9.59 Å². The van der Waals surface area contributed by atoms with Gasteiger partial charge in [-0.05, 0) is 19.3 Å². The van der Waals surface area contributed by atoms with E-state index < -0.39 is 6.04 Å². The molecule has 1 fully saturated rings. The van der Waals surface area contributed by atoms with Crippen molar-refractivity contribution in [3.05, 3.63) is 0 Å². The number of nitrogens with one attached hydrogen (secondary N) is 1. The molecule has 1 rings (SSSR count). The maximum Gasteiger partial charge on any atom is 0.244 e. The van der Waals surface area contributed by atoms with Crippen molar-refractivity contribution in [3.8, 4) is 0 Å². The molecule has 0 aromatic carbocycles. The van der Waals surface area contributed by atoms with Crippen LogP contribution >= 0.6 is 0 Å². The molecule has 104 valence electrons. The van der Waals surface area contributed by atoms with E-state index in [0.29, 0.717) is 32.0 Å². The smallest absolute Gasteiger partial charge is 0.244 e. The van der Waals surface area contributed by atoms with Crippen LogP contribution in [0.15, 0.2) is 0 Å². The lowest BCUT2D eigenvalue weighted by atomic mass is 10.2. The summed E-state index contributed by atoms with van der Waals surface area (Å²) in [5.74, 6) is 0.491. The third-order valence-corrected chi connectivity index (χ3v) is 2.84. The topological polar surface area (TPSA) is 58.6 Å². The first-order valence-corrected chi connectivity index (χ1v) is 6.66. The molecule has 0 spiro atoms. The van der Waals surface area contributed by atoms with Crippen molar-refractivity contribution in [2.45, 2.75) is 39.7 Å². The van der Waals surface area contributed by atoms with Gasteiger partial charge in [-0.25, -0.2) is 0 Å². The van der Waals surface area contributed by atoms with Crippen LogP contribution in [0.2, 0.25) is 0 Å². The van der Waals surface area contributed by atoms with E-state index in [4.69, 9.17) is 4.74 Å². The van der Waals surface area contributed by atoms with Gasteiger partial charge in [0.15, 0.2) is 0 Å². The van der Waals surface area contributed by atoms with E-state index in [1.165, 1.54) is 0 Å². The molecule has 1 unspecified atom stereocenters. The second-order valence-corrected chi connectivity index (χ2v) is 5.19. The predicted molar refractivity (Wildman–Crippen MR) is 69.1 cm³/mol. The first-order valence-electron chi connectivity index (χ1n) is 6.66. The average Bonchev–Trinajstić information content (AvgIpc) is 2.41. The van der Waals surface area contributed by atoms with Crippen molar-refractivity contribution in [1.82, 2.24) is 10.2 Å². The van der Waals surface area contributed by atoms with Crippen molar-refractivity contribution >= 4 is 11.8 Å². The van der Waals surface area contributed by atoms with Gasteiger partial charge in [0.05, 0.1) is 0 Å². The van der Waals surface area contributed by atoms with Crippen LogP contribution in [0.4, 0.5) is 0 Å². The SMILES string of the molecule is CC(C)COCCCN1CCC(=O)NC(C)C1=O. The molecule has 0 saturated carbocycles. The Kier molecular flexibility index (Phi) is 6.12. The van der Waals surface area contributed by atoms with Crippen molar-refractivity contribution in [3.63, 3.8) is 0 Å².